The highest BCUT2D eigenvalue weighted by molar-refractivity contribution is 6.42. The minimum absolute atomic E-state index is 0.106. The van der Waals surface area contributed by atoms with Crippen LogP contribution in [-0.2, 0) is 4.74 Å². The molecule has 0 spiro atoms. The molecular formula is C12H12Cl2O2. The Labute approximate surface area is 104 Å². The first-order chi connectivity index (χ1) is 7.66. The fourth-order valence-corrected chi connectivity index (χ4v) is 2.09. The van der Waals surface area contributed by atoms with E-state index in [9.17, 15) is 4.79 Å². The van der Waals surface area contributed by atoms with Gasteiger partial charge in [-0.15, -0.1) is 0 Å². The van der Waals surface area contributed by atoms with Crippen molar-refractivity contribution in [2.24, 2.45) is 5.92 Å². The lowest BCUT2D eigenvalue weighted by Gasteiger charge is -2.07. The van der Waals surface area contributed by atoms with Crippen molar-refractivity contribution in [1.82, 2.24) is 0 Å². The van der Waals surface area contributed by atoms with Crippen molar-refractivity contribution in [3.8, 4) is 0 Å². The average molecular weight is 259 g/mol. The van der Waals surface area contributed by atoms with Gasteiger partial charge < -0.3 is 4.74 Å². The van der Waals surface area contributed by atoms with E-state index in [2.05, 4.69) is 0 Å². The second-order valence-electron chi connectivity index (χ2n) is 3.99. The second-order valence-corrected chi connectivity index (χ2v) is 4.80. The van der Waals surface area contributed by atoms with E-state index < -0.39 is 0 Å². The van der Waals surface area contributed by atoms with Gasteiger partial charge in [-0.2, -0.15) is 0 Å². The number of carbonyl (C=O) groups is 1. The Morgan fingerprint density at radius 1 is 1.38 bits per heavy atom. The van der Waals surface area contributed by atoms with Crippen LogP contribution in [0.2, 0.25) is 10.0 Å². The number of benzene rings is 1. The molecule has 86 valence electrons. The topological polar surface area (TPSA) is 26.3 Å². The smallest absolute Gasteiger partial charge is 0.163 e. The van der Waals surface area contributed by atoms with E-state index in [1.54, 1.807) is 18.2 Å². The molecule has 0 aromatic heterocycles. The van der Waals surface area contributed by atoms with Crippen LogP contribution >= 0.6 is 23.2 Å². The third-order valence-corrected chi connectivity index (χ3v) is 3.48. The molecule has 2 nitrogen and oxygen atoms in total. The highest BCUT2D eigenvalue weighted by atomic mass is 35.5. The van der Waals surface area contributed by atoms with Crippen LogP contribution < -0.4 is 0 Å². The van der Waals surface area contributed by atoms with Gasteiger partial charge in [-0.1, -0.05) is 23.2 Å². The van der Waals surface area contributed by atoms with E-state index in [0.29, 0.717) is 34.6 Å². The zero-order valence-corrected chi connectivity index (χ0v) is 10.2. The highest BCUT2D eigenvalue weighted by Crippen LogP contribution is 2.25. The summed E-state index contributed by atoms with van der Waals surface area (Å²) in [6.45, 7) is 1.45. The summed E-state index contributed by atoms with van der Waals surface area (Å²) in [5.74, 6) is 0.455. The third kappa shape index (κ3) is 2.76. The fourth-order valence-electron chi connectivity index (χ4n) is 1.79. The molecular weight excluding hydrogens is 247 g/mol. The number of hydrogen-bond donors (Lipinski definition) is 0. The molecule has 0 bridgehead atoms. The predicted molar refractivity (Wildman–Crippen MR) is 64.3 cm³/mol. The van der Waals surface area contributed by atoms with Crippen molar-refractivity contribution in [2.45, 2.75) is 12.8 Å². The zero-order valence-electron chi connectivity index (χ0n) is 8.71. The van der Waals surface area contributed by atoms with Gasteiger partial charge in [0.1, 0.15) is 0 Å². The van der Waals surface area contributed by atoms with Gasteiger partial charge in [-0.05, 0) is 30.5 Å². The molecule has 0 N–H and O–H groups in total. The van der Waals surface area contributed by atoms with Gasteiger partial charge in [0.05, 0.1) is 10.0 Å². The van der Waals surface area contributed by atoms with Crippen LogP contribution in [0.15, 0.2) is 18.2 Å². The summed E-state index contributed by atoms with van der Waals surface area (Å²) in [5, 5.41) is 0.901. The third-order valence-electron chi connectivity index (χ3n) is 2.74. The molecule has 1 aliphatic heterocycles. The molecule has 0 aliphatic carbocycles. The molecule has 0 saturated carbocycles. The summed E-state index contributed by atoms with van der Waals surface area (Å²) in [7, 11) is 0. The van der Waals surface area contributed by atoms with Gasteiger partial charge in [0.2, 0.25) is 0 Å². The number of Topliss-reactive ketones (excluding diaryl/α,β-unsaturated/α-hetero) is 1. The van der Waals surface area contributed by atoms with Crippen LogP contribution in [0.3, 0.4) is 0 Å². The standard InChI is InChI=1S/C12H12Cl2O2/c13-10-2-1-9(6-11(10)14)12(15)5-8-3-4-16-7-8/h1-2,6,8H,3-5,7H2. The van der Waals surface area contributed by atoms with E-state index in [-0.39, 0.29) is 5.78 Å². The van der Waals surface area contributed by atoms with Gasteiger partial charge in [0.25, 0.3) is 0 Å². The van der Waals surface area contributed by atoms with Crippen LogP contribution in [0.4, 0.5) is 0 Å². The summed E-state index contributed by atoms with van der Waals surface area (Å²) in [5.41, 5.74) is 0.626. The highest BCUT2D eigenvalue weighted by Gasteiger charge is 2.20. The van der Waals surface area contributed by atoms with E-state index in [1.807, 2.05) is 0 Å². The van der Waals surface area contributed by atoms with E-state index >= 15 is 0 Å². The lowest BCUT2D eigenvalue weighted by Crippen LogP contribution is -2.08. The Kier molecular flexibility index (Phi) is 3.85. The first-order valence-corrected chi connectivity index (χ1v) is 5.98. The van der Waals surface area contributed by atoms with Crippen LogP contribution in [0.1, 0.15) is 23.2 Å². The summed E-state index contributed by atoms with van der Waals surface area (Å²) in [6.07, 6.45) is 1.49. The first-order valence-electron chi connectivity index (χ1n) is 5.23. The van der Waals surface area contributed by atoms with Crippen molar-refractivity contribution < 1.29 is 9.53 Å². The lowest BCUT2D eigenvalue weighted by atomic mass is 9.98. The van der Waals surface area contributed by atoms with Gasteiger partial charge in [0.15, 0.2) is 5.78 Å². The Balaban J connectivity index is 2.05. The summed E-state index contributed by atoms with van der Waals surface area (Å²) >= 11 is 11.7. The van der Waals surface area contributed by atoms with E-state index in [0.717, 1.165) is 13.0 Å². The van der Waals surface area contributed by atoms with Crippen molar-refractivity contribution in [3.63, 3.8) is 0 Å². The Morgan fingerprint density at radius 2 is 2.19 bits per heavy atom. The van der Waals surface area contributed by atoms with Crippen molar-refractivity contribution in [3.05, 3.63) is 33.8 Å². The predicted octanol–water partition coefficient (Wildman–Crippen LogP) is 3.60. The van der Waals surface area contributed by atoms with E-state index in [1.165, 1.54) is 0 Å². The van der Waals surface area contributed by atoms with Crippen LogP contribution in [0.25, 0.3) is 0 Å². The Hall–Kier alpha value is -0.570. The van der Waals surface area contributed by atoms with Gasteiger partial charge >= 0.3 is 0 Å². The molecule has 1 atom stereocenters. The molecule has 1 heterocycles. The largest absolute Gasteiger partial charge is 0.381 e. The number of carbonyl (C=O) groups excluding carboxylic acids is 1. The molecule has 1 aliphatic rings. The maximum absolute atomic E-state index is 11.9. The quantitative estimate of drug-likeness (QED) is 0.775. The van der Waals surface area contributed by atoms with Gasteiger partial charge in [-0.3, -0.25) is 4.79 Å². The summed E-state index contributed by atoms with van der Waals surface area (Å²) < 4.78 is 5.24. The molecule has 1 aromatic carbocycles. The molecule has 0 amide bonds. The number of rotatable bonds is 3. The number of halogens is 2. The SMILES string of the molecule is O=C(CC1CCOC1)c1ccc(Cl)c(Cl)c1. The second kappa shape index (κ2) is 5.17. The summed E-state index contributed by atoms with van der Waals surface area (Å²) in [4.78, 5) is 11.9. The molecule has 2 rings (SSSR count). The Bertz CT molecular complexity index is 398. The fraction of sp³-hybridized carbons (Fsp3) is 0.417. The lowest BCUT2D eigenvalue weighted by molar-refractivity contribution is 0.0953. The minimum Gasteiger partial charge on any atom is -0.381 e. The Morgan fingerprint density at radius 3 is 2.81 bits per heavy atom. The number of hydrogen-bond acceptors (Lipinski definition) is 2. The first kappa shape index (κ1) is 11.9. The summed E-state index contributed by atoms with van der Waals surface area (Å²) in [6, 6.07) is 5.00. The van der Waals surface area contributed by atoms with Crippen molar-refractivity contribution in [1.29, 1.82) is 0 Å². The maximum Gasteiger partial charge on any atom is 0.163 e. The minimum atomic E-state index is 0.106. The maximum atomic E-state index is 11.9. The molecule has 1 saturated heterocycles. The number of ether oxygens (including phenoxy) is 1. The molecule has 4 heteroatoms. The molecule has 0 radical (unpaired) electrons. The van der Waals surface area contributed by atoms with Crippen LogP contribution in [-0.4, -0.2) is 19.0 Å². The van der Waals surface area contributed by atoms with Crippen LogP contribution in [0.5, 0.6) is 0 Å². The zero-order chi connectivity index (χ0) is 11.5. The van der Waals surface area contributed by atoms with Gasteiger partial charge in [0, 0.05) is 25.2 Å². The average Bonchev–Trinajstić information content (AvgIpc) is 2.74. The molecule has 16 heavy (non-hydrogen) atoms. The molecule has 1 aromatic rings. The molecule has 1 unspecified atom stereocenters. The normalized spacial score (nSPS) is 20.0. The van der Waals surface area contributed by atoms with Crippen molar-refractivity contribution in [2.75, 3.05) is 13.2 Å². The van der Waals surface area contributed by atoms with E-state index in [4.69, 9.17) is 27.9 Å². The van der Waals surface area contributed by atoms with Crippen molar-refractivity contribution >= 4 is 29.0 Å². The number of ketones is 1. The van der Waals surface area contributed by atoms with Gasteiger partial charge in [-0.25, -0.2) is 0 Å². The monoisotopic (exact) mass is 258 g/mol. The van der Waals surface area contributed by atoms with Crippen LogP contribution in [0, 0.1) is 5.92 Å². The molecule has 1 fully saturated rings.